The van der Waals surface area contributed by atoms with Crippen LogP contribution in [0.25, 0.3) is 11.0 Å². The molecule has 7 heteroatoms. The Bertz CT molecular complexity index is 926. The van der Waals surface area contributed by atoms with Gasteiger partial charge in [-0.1, -0.05) is 0 Å². The molecule has 1 amide bonds. The van der Waals surface area contributed by atoms with E-state index >= 15 is 0 Å². The minimum absolute atomic E-state index is 0.0298. The number of carbonyl (C=O) groups is 1. The predicted molar refractivity (Wildman–Crippen MR) is 105 cm³/mol. The van der Waals surface area contributed by atoms with Gasteiger partial charge in [-0.25, -0.2) is 9.37 Å². The lowest BCUT2D eigenvalue weighted by Crippen LogP contribution is -2.71. The number of H-pyrrole nitrogens is 1. The number of piperazine rings is 1. The van der Waals surface area contributed by atoms with E-state index in [1.165, 1.54) is 18.6 Å². The second-order valence-electron chi connectivity index (χ2n) is 9.32. The quantitative estimate of drug-likeness (QED) is 0.877. The second-order valence-corrected chi connectivity index (χ2v) is 9.32. The average molecular weight is 385 g/mol. The first kappa shape index (κ1) is 18.1. The summed E-state index contributed by atoms with van der Waals surface area (Å²) in [7, 11) is 0. The third-order valence-corrected chi connectivity index (χ3v) is 6.88. The van der Waals surface area contributed by atoms with Crippen LogP contribution in [-0.4, -0.2) is 74.4 Å². The zero-order chi connectivity index (χ0) is 19.6. The van der Waals surface area contributed by atoms with Crippen LogP contribution in [0.5, 0.6) is 0 Å². The van der Waals surface area contributed by atoms with Gasteiger partial charge in [0, 0.05) is 37.3 Å². The number of aromatic nitrogens is 2. The summed E-state index contributed by atoms with van der Waals surface area (Å²) in [5.41, 5.74) is 2.50. The van der Waals surface area contributed by atoms with Crippen molar-refractivity contribution in [3.63, 3.8) is 0 Å². The molecule has 6 nitrogen and oxygen atoms in total. The summed E-state index contributed by atoms with van der Waals surface area (Å²) in [5.74, 6) is 0.925. The van der Waals surface area contributed by atoms with Crippen LogP contribution >= 0.6 is 0 Å². The molecule has 4 aliphatic rings. The molecule has 4 aliphatic heterocycles. The van der Waals surface area contributed by atoms with E-state index in [9.17, 15) is 9.18 Å². The SMILES string of the molecule is Cc1cc(F)cc2[nH]c(CN3CC4CC(C3)N4CC(=O)N3CCC3(C)C)nc12. The zero-order valence-corrected chi connectivity index (χ0v) is 16.8. The Hall–Kier alpha value is -1.99. The molecule has 1 aromatic heterocycles. The van der Waals surface area contributed by atoms with Crippen molar-refractivity contribution in [2.75, 3.05) is 26.2 Å². The number of carbonyl (C=O) groups excluding carboxylic acids is 1. The van der Waals surface area contributed by atoms with Gasteiger partial charge < -0.3 is 9.88 Å². The number of halogens is 1. The smallest absolute Gasteiger partial charge is 0.237 e. The van der Waals surface area contributed by atoms with Crippen molar-refractivity contribution in [2.45, 2.75) is 57.8 Å². The van der Waals surface area contributed by atoms with Crippen molar-refractivity contribution in [3.8, 4) is 0 Å². The molecule has 6 rings (SSSR count). The van der Waals surface area contributed by atoms with Crippen LogP contribution in [0, 0.1) is 12.7 Å². The maximum atomic E-state index is 13.6. The zero-order valence-electron chi connectivity index (χ0n) is 16.8. The largest absolute Gasteiger partial charge is 0.341 e. The first-order valence-electron chi connectivity index (χ1n) is 10.2. The number of rotatable bonds is 4. The van der Waals surface area contributed by atoms with Crippen LogP contribution in [0.2, 0.25) is 0 Å². The van der Waals surface area contributed by atoms with E-state index < -0.39 is 0 Å². The summed E-state index contributed by atoms with van der Waals surface area (Å²) in [6.07, 6.45) is 2.28. The Kier molecular flexibility index (Phi) is 4.04. The highest BCUT2D eigenvalue weighted by Crippen LogP contribution is 2.35. The first-order chi connectivity index (χ1) is 13.3. The van der Waals surface area contributed by atoms with Gasteiger partial charge in [-0.05, 0) is 51.3 Å². The average Bonchev–Trinajstić information content (AvgIpc) is 3.01. The summed E-state index contributed by atoms with van der Waals surface area (Å²) in [5, 5.41) is 0. The monoisotopic (exact) mass is 385 g/mol. The molecule has 0 spiro atoms. The molecule has 4 saturated heterocycles. The number of amides is 1. The number of aryl methyl sites for hydroxylation is 1. The summed E-state index contributed by atoms with van der Waals surface area (Å²) < 4.78 is 13.6. The van der Waals surface area contributed by atoms with E-state index in [4.69, 9.17) is 0 Å². The Morgan fingerprint density at radius 2 is 2.07 bits per heavy atom. The molecule has 0 aliphatic carbocycles. The number of fused-ring (bicyclic) bond motifs is 3. The van der Waals surface area contributed by atoms with Crippen LogP contribution < -0.4 is 0 Å². The van der Waals surface area contributed by atoms with Crippen LogP contribution in [-0.2, 0) is 11.3 Å². The van der Waals surface area contributed by atoms with Gasteiger partial charge in [0.1, 0.15) is 11.6 Å². The maximum absolute atomic E-state index is 13.6. The Morgan fingerprint density at radius 1 is 1.32 bits per heavy atom. The maximum Gasteiger partial charge on any atom is 0.237 e. The number of hydrogen-bond donors (Lipinski definition) is 1. The van der Waals surface area contributed by atoms with Crippen molar-refractivity contribution < 1.29 is 9.18 Å². The number of nitrogens with one attached hydrogen (secondary N) is 1. The predicted octanol–water partition coefficient (Wildman–Crippen LogP) is 2.28. The van der Waals surface area contributed by atoms with E-state index in [-0.39, 0.29) is 17.3 Å². The van der Waals surface area contributed by atoms with Gasteiger partial charge in [0.2, 0.25) is 5.91 Å². The van der Waals surface area contributed by atoms with Crippen molar-refractivity contribution in [1.82, 2.24) is 24.7 Å². The Labute approximate surface area is 164 Å². The number of benzene rings is 1. The fraction of sp³-hybridized carbons (Fsp3) is 0.619. The highest BCUT2D eigenvalue weighted by atomic mass is 19.1. The molecule has 2 unspecified atom stereocenters. The van der Waals surface area contributed by atoms with Crippen LogP contribution in [0.1, 0.15) is 38.1 Å². The van der Waals surface area contributed by atoms with Gasteiger partial charge in [0.05, 0.1) is 24.1 Å². The van der Waals surface area contributed by atoms with Crippen molar-refractivity contribution in [2.24, 2.45) is 0 Å². The molecule has 28 heavy (non-hydrogen) atoms. The Balaban J connectivity index is 1.21. The summed E-state index contributed by atoms with van der Waals surface area (Å²) >= 11 is 0. The highest BCUT2D eigenvalue weighted by molar-refractivity contribution is 5.80. The number of likely N-dealkylation sites (tertiary alicyclic amines) is 1. The van der Waals surface area contributed by atoms with Gasteiger partial charge in [-0.2, -0.15) is 0 Å². The molecule has 2 bridgehead atoms. The highest BCUT2D eigenvalue weighted by Gasteiger charge is 2.47. The van der Waals surface area contributed by atoms with Gasteiger partial charge >= 0.3 is 0 Å². The molecule has 5 heterocycles. The number of hydrogen-bond acceptors (Lipinski definition) is 4. The Morgan fingerprint density at radius 3 is 2.71 bits per heavy atom. The lowest BCUT2D eigenvalue weighted by Gasteiger charge is -2.57. The molecule has 1 aromatic carbocycles. The molecule has 2 atom stereocenters. The number of aromatic amines is 1. The summed E-state index contributed by atoms with van der Waals surface area (Å²) in [6.45, 7) is 10.3. The van der Waals surface area contributed by atoms with Gasteiger partial charge in [0.25, 0.3) is 0 Å². The van der Waals surface area contributed by atoms with E-state index in [1.54, 1.807) is 0 Å². The molecular formula is C21H28FN5O. The van der Waals surface area contributed by atoms with Crippen LogP contribution in [0.3, 0.4) is 0 Å². The van der Waals surface area contributed by atoms with Crippen LogP contribution in [0.4, 0.5) is 4.39 Å². The van der Waals surface area contributed by atoms with E-state index in [2.05, 4.69) is 33.6 Å². The molecule has 4 fully saturated rings. The third-order valence-electron chi connectivity index (χ3n) is 6.88. The molecule has 2 aromatic rings. The second kappa shape index (κ2) is 6.26. The van der Waals surface area contributed by atoms with Crippen LogP contribution in [0.15, 0.2) is 12.1 Å². The molecule has 150 valence electrons. The van der Waals surface area contributed by atoms with Crippen molar-refractivity contribution in [1.29, 1.82) is 0 Å². The fourth-order valence-electron chi connectivity index (χ4n) is 5.12. The normalized spacial score (nSPS) is 26.9. The minimum Gasteiger partial charge on any atom is -0.341 e. The van der Waals surface area contributed by atoms with Crippen molar-refractivity contribution >= 4 is 16.9 Å². The lowest BCUT2D eigenvalue weighted by atomic mass is 9.86. The number of nitrogens with zero attached hydrogens (tertiary/aromatic N) is 4. The van der Waals surface area contributed by atoms with Crippen molar-refractivity contribution in [3.05, 3.63) is 29.3 Å². The summed E-state index contributed by atoms with van der Waals surface area (Å²) in [4.78, 5) is 27.4. The fourth-order valence-corrected chi connectivity index (χ4v) is 5.12. The number of imidazole rings is 1. The minimum atomic E-state index is -0.231. The van der Waals surface area contributed by atoms with Gasteiger partial charge in [0.15, 0.2) is 0 Å². The van der Waals surface area contributed by atoms with E-state index in [0.29, 0.717) is 18.6 Å². The molecule has 1 N–H and O–H groups in total. The lowest BCUT2D eigenvalue weighted by molar-refractivity contribution is -0.153. The summed E-state index contributed by atoms with van der Waals surface area (Å²) in [6, 6.07) is 3.94. The topological polar surface area (TPSA) is 55.5 Å². The standard InChI is InChI=1S/C21H28FN5O/c1-13-6-14(22)7-17-20(13)24-18(23-17)11-25-9-15-8-16(10-25)26(15)12-19(28)27-5-4-21(27,2)3/h6-7,15-16H,4-5,8-12H2,1-3H3,(H,23,24). The molecular weight excluding hydrogens is 357 g/mol. The number of piperidine rings is 1. The molecule has 0 radical (unpaired) electrons. The third kappa shape index (κ3) is 2.92. The van der Waals surface area contributed by atoms with Gasteiger partial charge in [-0.15, -0.1) is 0 Å². The van der Waals surface area contributed by atoms with Gasteiger partial charge in [-0.3, -0.25) is 14.6 Å². The molecule has 0 saturated carbocycles. The van der Waals surface area contributed by atoms with E-state index in [0.717, 1.165) is 55.0 Å². The first-order valence-corrected chi connectivity index (χ1v) is 10.2. The van der Waals surface area contributed by atoms with E-state index in [1.807, 2.05) is 11.8 Å².